The van der Waals surface area contributed by atoms with E-state index in [0.717, 1.165) is 16.5 Å². The standard InChI is InChI=1S/C14H22N2O3S2/c1-11-15-12(8-21-11)7-20-9-13(17)16(2)10-14(18)3-5-19-6-4-14/h8,18H,3-7,9-10H2,1-2H3. The third-order valence-corrected chi connectivity index (χ3v) is 5.30. The van der Waals surface area contributed by atoms with E-state index in [9.17, 15) is 9.90 Å². The van der Waals surface area contributed by atoms with Gasteiger partial charge >= 0.3 is 0 Å². The van der Waals surface area contributed by atoms with Crippen LogP contribution < -0.4 is 0 Å². The minimum atomic E-state index is -0.792. The Hall–Kier alpha value is -0.630. The van der Waals surface area contributed by atoms with Gasteiger partial charge in [-0.1, -0.05) is 0 Å². The number of hydrogen-bond donors (Lipinski definition) is 1. The number of ether oxygens (including phenoxy) is 1. The monoisotopic (exact) mass is 330 g/mol. The lowest BCUT2D eigenvalue weighted by atomic mass is 9.94. The minimum Gasteiger partial charge on any atom is -0.388 e. The zero-order valence-electron chi connectivity index (χ0n) is 12.5. The van der Waals surface area contributed by atoms with Crippen molar-refractivity contribution < 1.29 is 14.6 Å². The summed E-state index contributed by atoms with van der Waals surface area (Å²) in [5.41, 5.74) is 0.236. The van der Waals surface area contributed by atoms with Crippen molar-refractivity contribution in [3.8, 4) is 0 Å². The second-order valence-corrected chi connectivity index (χ2v) is 7.49. The molecule has 1 N–H and O–H groups in total. The molecule has 0 bridgehead atoms. The first-order valence-electron chi connectivity index (χ1n) is 7.01. The molecule has 2 rings (SSSR count). The van der Waals surface area contributed by atoms with Crippen LogP contribution in [0.15, 0.2) is 5.38 Å². The van der Waals surface area contributed by atoms with Crippen molar-refractivity contribution in [2.45, 2.75) is 31.1 Å². The Kier molecular flexibility index (Phi) is 6.04. The molecule has 0 aliphatic carbocycles. The van der Waals surface area contributed by atoms with E-state index in [1.165, 1.54) is 0 Å². The van der Waals surface area contributed by atoms with E-state index in [4.69, 9.17) is 4.74 Å². The molecule has 1 amide bonds. The molecule has 1 saturated heterocycles. The van der Waals surface area contributed by atoms with Crippen LogP contribution in [0.1, 0.15) is 23.5 Å². The van der Waals surface area contributed by atoms with E-state index in [0.29, 0.717) is 38.4 Å². The van der Waals surface area contributed by atoms with Crippen LogP contribution in [0.4, 0.5) is 0 Å². The number of amides is 1. The van der Waals surface area contributed by atoms with Gasteiger partial charge in [-0.3, -0.25) is 4.79 Å². The smallest absolute Gasteiger partial charge is 0.232 e. The van der Waals surface area contributed by atoms with Gasteiger partial charge in [-0.2, -0.15) is 0 Å². The van der Waals surface area contributed by atoms with E-state index in [2.05, 4.69) is 4.98 Å². The van der Waals surface area contributed by atoms with Gasteiger partial charge < -0.3 is 14.7 Å². The number of carbonyl (C=O) groups is 1. The Morgan fingerprint density at radius 3 is 2.90 bits per heavy atom. The van der Waals surface area contributed by atoms with Gasteiger partial charge in [0.2, 0.25) is 5.91 Å². The summed E-state index contributed by atoms with van der Waals surface area (Å²) in [5, 5.41) is 13.5. The second-order valence-electron chi connectivity index (χ2n) is 5.44. The molecule has 0 saturated carbocycles. The zero-order chi connectivity index (χ0) is 15.3. The number of thioether (sulfide) groups is 1. The van der Waals surface area contributed by atoms with Crippen molar-refractivity contribution in [1.29, 1.82) is 0 Å². The summed E-state index contributed by atoms with van der Waals surface area (Å²) in [5.74, 6) is 1.22. The lowest BCUT2D eigenvalue weighted by molar-refractivity contribution is -0.134. The summed E-state index contributed by atoms with van der Waals surface area (Å²) in [4.78, 5) is 18.1. The highest BCUT2D eigenvalue weighted by Crippen LogP contribution is 2.22. The highest BCUT2D eigenvalue weighted by Gasteiger charge is 2.32. The van der Waals surface area contributed by atoms with Gasteiger partial charge in [-0.05, 0) is 6.92 Å². The molecule has 5 nitrogen and oxygen atoms in total. The summed E-state index contributed by atoms with van der Waals surface area (Å²) >= 11 is 3.19. The first-order chi connectivity index (χ1) is 9.98. The van der Waals surface area contributed by atoms with Gasteiger partial charge in [0.05, 0.1) is 22.1 Å². The highest BCUT2D eigenvalue weighted by atomic mass is 32.2. The SMILES string of the molecule is Cc1nc(CSCC(=O)N(C)CC2(O)CCOCC2)cs1. The van der Waals surface area contributed by atoms with Crippen molar-refractivity contribution >= 4 is 29.0 Å². The van der Waals surface area contributed by atoms with Crippen molar-refractivity contribution in [2.75, 3.05) is 32.6 Å². The number of carbonyl (C=O) groups excluding carboxylic acids is 1. The third-order valence-electron chi connectivity index (χ3n) is 3.52. The topological polar surface area (TPSA) is 62.7 Å². The molecule has 21 heavy (non-hydrogen) atoms. The molecule has 1 aliphatic heterocycles. The maximum absolute atomic E-state index is 12.1. The Bertz CT molecular complexity index is 473. The Balaban J connectivity index is 1.72. The first-order valence-corrected chi connectivity index (χ1v) is 9.05. The number of likely N-dealkylation sites (N-methyl/N-ethyl adjacent to an activating group) is 1. The number of aliphatic hydroxyl groups is 1. The number of hydrogen-bond acceptors (Lipinski definition) is 6. The highest BCUT2D eigenvalue weighted by molar-refractivity contribution is 7.99. The summed E-state index contributed by atoms with van der Waals surface area (Å²) in [7, 11) is 1.75. The summed E-state index contributed by atoms with van der Waals surface area (Å²) in [6.07, 6.45) is 1.19. The molecule has 1 aromatic heterocycles. The minimum absolute atomic E-state index is 0.0480. The average Bonchev–Trinajstić information content (AvgIpc) is 2.84. The molecular weight excluding hydrogens is 308 g/mol. The first kappa shape index (κ1) is 16.7. The molecule has 118 valence electrons. The van der Waals surface area contributed by atoms with Crippen molar-refractivity contribution in [3.05, 3.63) is 16.1 Å². The van der Waals surface area contributed by atoms with Gasteiger partial charge in [0.15, 0.2) is 0 Å². The molecule has 1 fully saturated rings. The number of thiazole rings is 1. The molecule has 2 heterocycles. The van der Waals surface area contributed by atoms with E-state index in [1.54, 1.807) is 35.0 Å². The van der Waals surface area contributed by atoms with E-state index in [1.807, 2.05) is 12.3 Å². The fraction of sp³-hybridized carbons (Fsp3) is 0.714. The molecule has 0 atom stereocenters. The molecule has 0 unspecified atom stereocenters. The van der Waals surface area contributed by atoms with Crippen LogP contribution in [0, 0.1) is 6.92 Å². The Labute approximate surface area is 133 Å². The van der Waals surface area contributed by atoms with Crippen molar-refractivity contribution in [2.24, 2.45) is 0 Å². The largest absolute Gasteiger partial charge is 0.388 e. The van der Waals surface area contributed by atoms with Crippen LogP contribution in [0.2, 0.25) is 0 Å². The zero-order valence-corrected chi connectivity index (χ0v) is 14.1. The normalized spacial score (nSPS) is 17.7. The van der Waals surface area contributed by atoms with Crippen molar-refractivity contribution in [1.82, 2.24) is 9.88 Å². The summed E-state index contributed by atoms with van der Waals surface area (Å²) in [6, 6.07) is 0. The van der Waals surface area contributed by atoms with Gasteiger partial charge in [0, 0.05) is 50.8 Å². The summed E-state index contributed by atoms with van der Waals surface area (Å²) < 4.78 is 5.25. The molecular formula is C14H22N2O3S2. The maximum atomic E-state index is 12.1. The lowest BCUT2D eigenvalue weighted by Gasteiger charge is -2.35. The number of aromatic nitrogens is 1. The lowest BCUT2D eigenvalue weighted by Crippen LogP contribution is -2.47. The summed E-state index contributed by atoms with van der Waals surface area (Å²) in [6.45, 7) is 3.49. The fourth-order valence-electron chi connectivity index (χ4n) is 2.27. The van der Waals surface area contributed by atoms with E-state index < -0.39 is 5.60 Å². The van der Waals surface area contributed by atoms with Crippen LogP contribution >= 0.6 is 23.1 Å². The van der Waals surface area contributed by atoms with E-state index in [-0.39, 0.29) is 5.91 Å². The molecule has 0 spiro atoms. The average molecular weight is 330 g/mol. The number of rotatable bonds is 6. The van der Waals surface area contributed by atoms with Gasteiger partial charge in [-0.15, -0.1) is 23.1 Å². The third kappa shape index (κ3) is 5.25. The number of nitrogens with zero attached hydrogens (tertiary/aromatic N) is 2. The molecule has 7 heteroatoms. The molecule has 1 aliphatic rings. The van der Waals surface area contributed by atoms with Crippen LogP contribution in [0.3, 0.4) is 0 Å². The quantitative estimate of drug-likeness (QED) is 0.860. The maximum Gasteiger partial charge on any atom is 0.232 e. The predicted molar refractivity (Wildman–Crippen MR) is 85.7 cm³/mol. The molecule has 1 aromatic rings. The van der Waals surface area contributed by atoms with Crippen LogP contribution in [0.25, 0.3) is 0 Å². The predicted octanol–water partition coefficient (Wildman–Crippen LogP) is 1.68. The number of aryl methyl sites for hydroxylation is 1. The van der Waals surface area contributed by atoms with Crippen LogP contribution in [0.5, 0.6) is 0 Å². The fourth-order valence-corrected chi connectivity index (χ4v) is 3.84. The Morgan fingerprint density at radius 2 is 2.29 bits per heavy atom. The second kappa shape index (κ2) is 7.58. The van der Waals surface area contributed by atoms with E-state index >= 15 is 0 Å². The van der Waals surface area contributed by atoms with Gasteiger partial charge in [-0.25, -0.2) is 4.98 Å². The van der Waals surface area contributed by atoms with Crippen molar-refractivity contribution in [3.63, 3.8) is 0 Å². The molecule has 0 radical (unpaired) electrons. The van der Waals surface area contributed by atoms with Gasteiger partial charge in [0.25, 0.3) is 0 Å². The Morgan fingerprint density at radius 1 is 1.57 bits per heavy atom. The van der Waals surface area contributed by atoms with Crippen LogP contribution in [-0.4, -0.2) is 59.1 Å². The molecule has 0 aromatic carbocycles. The van der Waals surface area contributed by atoms with Gasteiger partial charge in [0.1, 0.15) is 0 Å². The van der Waals surface area contributed by atoms with Crippen LogP contribution in [-0.2, 0) is 15.3 Å².